The van der Waals surface area contributed by atoms with Gasteiger partial charge >= 0.3 is 5.97 Å². The van der Waals surface area contributed by atoms with Gasteiger partial charge in [-0.05, 0) is 43.3 Å². The lowest BCUT2D eigenvalue weighted by Gasteiger charge is -2.05. The second-order valence-electron chi connectivity index (χ2n) is 6.08. The van der Waals surface area contributed by atoms with Gasteiger partial charge in [0.15, 0.2) is 0 Å². The Balaban J connectivity index is 1.63. The number of carbonyl (C=O) groups is 2. The van der Waals surface area contributed by atoms with Crippen molar-refractivity contribution >= 4 is 18.1 Å². The number of phenols is 1. The van der Waals surface area contributed by atoms with Crippen LogP contribution in [0.15, 0.2) is 64.1 Å². The maximum atomic E-state index is 12.1. The van der Waals surface area contributed by atoms with Gasteiger partial charge < -0.3 is 19.0 Å². The Morgan fingerprint density at radius 1 is 1.13 bits per heavy atom. The molecule has 2 N–H and O–H groups in total. The number of nitrogens with one attached hydrogen (secondary N) is 1. The number of hydrogen-bond acceptors (Lipinski definition) is 7. The van der Waals surface area contributed by atoms with Gasteiger partial charge in [0.25, 0.3) is 5.91 Å². The number of phenolic OH excluding ortho intramolecular Hbond substituents is 1. The number of amides is 1. The highest BCUT2D eigenvalue weighted by molar-refractivity contribution is 5.97. The molecule has 30 heavy (non-hydrogen) atoms. The molecular formula is C22H20N2O6. The van der Waals surface area contributed by atoms with Crippen LogP contribution in [-0.4, -0.2) is 36.9 Å². The first kappa shape index (κ1) is 20.7. The first-order chi connectivity index (χ1) is 14.5. The van der Waals surface area contributed by atoms with Crippen molar-refractivity contribution in [3.63, 3.8) is 0 Å². The summed E-state index contributed by atoms with van der Waals surface area (Å²) in [6, 6.07) is 14.6. The zero-order valence-electron chi connectivity index (χ0n) is 16.4. The van der Waals surface area contributed by atoms with Gasteiger partial charge in [-0.1, -0.05) is 12.1 Å². The van der Waals surface area contributed by atoms with E-state index in [1.165, 1.54) is 25.5 Å². The fraction of sp³-hybridized carbons (Fsp3) is 0.136. The minimum atomic E-state index is -0.576. The molecule has 154 valence electrons. The number of nitrogens with zero attached hydrogens (tertiary/aromatic N) is 1. The molecule has 0 aliphatic heterocycles. The van der Waals surface area contributed by atoms with Crippen molar-refractivity contribution in [2.45, 2.75) is 6.92 Å². The molecule has 3 rings (SSSR count). The van der Waals surface area contributed by atoms with Crippen LogP contribution in [0.5, 0.6) is 11.5 Å². The van der Waals surface area contributed by atoms with Gasteiger partial charge in [0.05, 0.1) is 31.1 Å². The molecule has 0 saturated carbocycles. The molecular weight excluding hydrogens is 388 g/mol. The largest absolute Gasteiger partial charge is 0.507 e. The van der Waals surface area contributed by atoms with Crippen LogP contribution in [0.25, 0.3) is 11.3 Å². The fourth-order valence-corrected chi connectivity index (χ4v) is 2.61. The third-order valence-electron chi connectivity index (χ3n) is 4.11. The van der Waals surface area contributed by atoms with Crippen LogP contribution in [0.3, 0.4) is 0 Å². The first-order valence-corrected chi connectivity index (χ1v) is 9.09. The molecule has 1 aromatic heterocycles. The van der Waals surface area contributed by atoms with Crippen molar-refractivity contribution in [2.24, 2.45) is 5.10 Å². The number of carbonyl (C=O) groups excluding carboxylic acids is 2. The third-order valence-corrected chi connectivity index (χ3v) is 4.11. The smallest absolute Gasteiger partial charge is 0.338 e. The van der Waals surface area contributed by atoms with Crippen LogP contribution >= 0.6 is 0 Å². The molecule has 2 aromatic carbocycles. The zero-order chi connectivity index (χ0) is 21.5. The van der Waals surface area contributed by atoms with Gasteiger partial charge in [0.1, 0.15) is 23.0 Å². The summed E-state index contributed by atoms with van der Waals surface area (Å²) in [4.78, 5) is 23.8. The van der Waals surface area contributed by atoms with Crippen molar-refractivity contribution in [3.8, 4) is 22.8 Å². The van der Waals surface area contributed by atoms with Crippen molar-refractivity contribution < 1.29 is 28.6 Å². The molecule has 0 saturated heterocycles. The molecule has 0 unspecified atom stereocenters. The van der Waals surface area contributed by atoms with E-state index >= 15 is 0 Å². The SMILES string of the molecule is CCOC(=O)c1ccc(-c2ccc(/C=N\NC(=O)c3ccc(OC)cc3O)o2)cc1. The van der Waals surface area contributed by atoms with Gasteiger partial charge in [0.2, 0.25) is 0 Å². The molecule has 1 heterocycles. The summed E-state index contributed by atoms with van der Waals surface area (Å²) in [6.07, 6.45) is 1.34. The number of rotatable bonds is 7. The zero-order valence-corrected chi connectivity index (χ0v) is 16.4. The lowest BCUT2D eigenvalue weighted by atomic mass is 10.1. The van der Waals surface area contributed by atoms with E-state index in [0.717, 1.165) is 5.56 Å². The Hall–Kier alpha value is -4.07. The lowest BCUT2D eigenvalue weighted by Crippen LogP contribution is -2.17. The molecule has 0 spiro atoms. The van der Waals surface area contributed by atoms with Gasteiger partial charge in [-0.25, -0.2) is 10.2 Å². The van der Waals surface area contributed by atoms with Crippen LogP contribution in [0.4, 0.5) is 0 Å². The molecule has 0 bridgehead atoms. The van der Waals surface area contributed by atoms with E-state index in [2.05, 4.69) is 10.5 Å². The van der Waals surface area contributed by atoms with Crippen LogP contribution < -0.4 is 10.2 Å². The summed E-state index contributed by atoms with van der Waals surface area (Å²) in [5.74, 6) is 0.256. The van der Waals surface area contributed by atoms with Crippen molar-refractivity contribution in [1.82, 2.24) is 5.43 Å². The number of aromatic hydroxyl groups is 1. The van der Waals surface area contributed by atoms with Gasteiger partial charge in [-0.15, -0.1) is 0 Å². The summed E-state index contributed by atoms with van der Waals surface area (Å²) in [5.41, 5.74) is 3.62. The Morgan fingerprint density at radius 2 is 1.90 bits per heavy atom. The average molecular weight is 408 g/mol. The monoisotopic (exact) mass is 408 g/mol. The average Bonchev–Trinajstić information content (AvgIpc) is 3.22. The summed E-state index contributed by atoms with van der Waals surface area (Å²) < 4.78 is 15.6. The maximum Gasteiger partial charge on any atom is 0.338 e. The highest BCUT2D eigenvalue weighted by Crippen LogP contribution is 2.24. The van der Waals surface area contributed by atoms with Crippen molar-refractivity contribution in [1.29, 1.82) is 0 Å². The molecule has 8 heteroatoms. The van der Waals surface area contributed by atoms with Gasteiger partial charge in [-0.2, -0.15) is 5.10 Å². The van der Waals surface area contributed by atoms with Gasteiger partial charge in [-0.3, -0.25) is 4.79 Å². The number of methoxy groups -OCH3 is 1. The van der Waals surface area contributed by atoms with Crippen molar-refractivity contribution in [3.05, 3.63) is 71.5 Å². The molecule has 0 fully saturated rings. The van der Waals surface area contributed by atoms with Crippen LogP contribution in [0.2, 0.25) is 0 Å². The number of benzene rings is 2. The third kappa shape index (κ3) is 4.85. The summed E-state index contributed by atoms with van der Waals surface area (Å²) in [7, 11) is 1.46. The summed E-state index contributed by atoms with van der Waals surface area (Å²) in [5, 5.41) is 13.7. The predicted molar refractivity (Wildman–Crippen MR) is 110 cm³/mol. The maximum absolute atomic E-state index is 12.1. The number of ether oxygens (including phenoxy) is 2. The topological polar surface area (TPSA) is 110 Å². The number of furan rings is 1. The standard InChI is InChI=1S/C22H20N2O6/c1-3-29-22(27)15-6-4-14(5-7-15)20-11-9-17(30-20)13-23-24-21(26)18-10-8-16(28-2)12-19(18)25/h4-13,25H,3H2,1-2H3,(H,24,26)/b23-13-. The van der Waals surface area contributed by atoms with E-state index in [1.54, 1.807) is 49.4 Å². The highest BCUT2D eigenvalue weighted by Gasteiger charge is 2.12. The number of hydrazone groups is 1. The van der Waals surface area contributed by atoms with Crippen LogP contribution in [0, 0.1) is 0 Å². The highest BCUT2D eigenvalue weighted by atomic mass is 16.5. The Morgan fingerprint density at radius 3 is 2.57 bits per heavy atom. The van der Waals surface area contributed by atoms with Gasteiger partial charge in [0, 0.05) is 11.6 Å². The van der Waals surface area contributed by atoms with E-state index < -0.39 is 5.91 Å². The van der Waals surface area contributed by atoms with Crippen LogP contribution in [-0.2, 0) is 4.74 Å². The Labute approximate surface area is 172 Å². The quantitative estimate of drug-likeness (QED) is 0.351. The minimum absolute atomic E-state index is 0.0646. The Kier molecular flexibility index (Phi) is 6.49. The molecule has 0 aliphatic carbocycles. The molecule has 8 nitrogen and oxygen atoms in total. The number of hydrogen-bond donors (Lipinski definition) is 2. The lowest BCUT2D eigenvalue weighted by molar-refractivity contribution is 0.0526. The summed E-state index contributed by atoms with van der Waals surface area (Å²) in [6.45, 7) is 2.07. The minimum Gasteiger partial charge on any atom is -0.507 e. The van der Waals surface area contributed by atoms with E-state index in [1.807, 2.05) is 0 Å². The molecule has 1 amide bonds. The Bertz CT molecular complexity index is 1070. The van der Waals surface area contributed by atoms with Crippen LogP contribution in [0.1, 0.15) is 33.4 Å². The van der Waals surface area contributed by atoms with E-state index in [-0.39, 0.29) is 17.3 Å². The van der Waals surface area contributed by atoms with Crippen molar-refractivity contribution in [2.75, 3.05) is 13.7 Å². The molecule has 0 atom stereocenters. The fourth-order valence-electron chi connectivity index (χ4n) is 2.61. The predicted octanol–water partition coefficient (Wildman–Crippen LogP) is 3.60. The molecule has 3 aromatic rings. The normalized spacial score (nSPS) is 10.7. The molecule has 0 aliphatic rings. The van der Waals surface area contributed by atoms with E-state index in [9.17, 15) is 14.7 Å². The van der Waals surface area contributed by atoms with E-state index in [4.69, 9.17) is 13.9 Å². The first-order valence-electron chi connectivity index (χ1n) is 9.09. The second-order valence-corrected chi connectivity index (χ2v) is 6.08. The molecule has 0 radical (unpaired) electrons. The van der Waals surface area contributed by atoms with E-state index in [0.29, 0.717) is 29.4 Å². The number of esters is 1. The second kappa shape index (κ2) is 9.42. The summed E-state index contributed by atoms with van der Waals surface area (Å²) >= 11 is 0.